The Bertz CT molecular complexity index is 1120. The van der Waals surface area contributed by atoms with Crippen LogP contribution in [0.2, 0.25) is 0 Å². The third kappa shape index (κ3) is 3.48. The lowest BCUT2D eigenvalue weighted by molar-refractivity contribution is -0.140. The van der Waals surface area contributed by atoms with Crippen molar-refractivity contribution in [2.24, 2.45) is 0 Å². The van der Waals surface area contributed by atoms with Crippen LogP contribution in [0.25, 0.3) is 5.76 Å². The Kier molecular flexibility index (Phi) is 5.37. The summed E-state index contributed by atoms with van der Waals surface area (Å²) in [6.45, 7) is 2.03. The van der Waals surface area contributed by atoms with E-state index in [2.05, 4.69) is 4.98 Å². The van der Waals surface area contributed by atoms with E-state index >= 15 is 0 Å². The second-order valence-corrected chi connectivity index (χ2v) is 7.93. The number of Topliss-reactive ketones (excluding diaryl/α,β-unsaturated/α-hetero) is 1. The van der Waals surface area contributed by atoms with E-state index < -0.39 is 17.7 Å². The van der Waals surface area contributed by atoms with Gasteiger partial charge in [0.1, 0.15) is 17.6 Å². The molecule has 0 spiro atoms. The summed E-state index contributed by atoms with van der Waals surface area (Å²) in [5, 5.41) is 13.0. The fourth-order valence-corrected chi connectivity index (χ4v) is 4.48. The molecule has 0 radical (unpaired) electrons. The lowest BCUT2D eigenvalue weighted by Gasteiger charge is -2.23. The molecule has 0 bridgehead atoms. The van der Waals surface area contributed by atoms with Crippen LogP contribution >= 0.6 is 11.3 Å². The molecule has 0 aliphatic carbocycles. The van der Waals surface area contributed by atoms with E-state index in [9.17, 15) is 14.7 Å². The number of ether oxygens (including phenoxy) is 1. The van der Waals surface area contributed by atoms with Crippen molar-refractivity contribution in [3.8, 4) is 5.75 Å². The third-order valence-corrected chi connectivity index (χ3v) is 6.00. The van der Waals surface area contributed by atoms with Gasteiger partial charge in [-0.15, -0.1) is 11.3 Å². The largest absolute Gasteiger partial charge is 0.507 e. The average molecular weight is 420 g/mol. The molecule has 6 nitrogen and oxygen atoms in total. The van der Waals surface area contributed by atoms with Crippen LogP contribution in [0.3, 0.4) is 0 Å². The normalized spacial score (nSPS) is 18.1. The van der Waals surface area contributed by atoms with E-state index in [1.807, 2.05) is 30.5 Å². The molecular formula is C23H20N2O4S. The smallest absolute Gasteiger partial charge is 0.296 e. The predicted octanol–water partition coefficient (Wildman–Crippen LogP) is 4.08. The Morgan fingerprint density at radius 3 is 2.67 bits per heavy atom. The summed E-state index contributed by atoms with van der Waals surface area (Å²) in [4.78, 5) is 32.5. The van der Waals surface area contributed by atoms with Gasteiger partial charge in [-0.3, -0.25) is 14.6 Å². The first-order valence-electron chi connectivity index (χ1n) is 9.38. The number of benzene rings is 1. The van der Waals surface area contributed by atoms with Crippen molar-refractivity contribution in [1.82, 2.24) is 9.88 Å². The van der Waals surface area contributed by atoms with Crippen LogP contribution < -0.4 is 4.74 Å². The summed E-state index contributed by atoms with van der Waals surface area (Å²) in [7, 11) is 1.57. The van der Waals surface area contributed by atoms with Gasteiger partial charge in [-0.1, -0.05) is 12.1 Å². The van der Waals surface area contributed by atoms with Crippen LogP contribution in [0.1, 0.15) is 27.7 Å². The highest BCUT2D eigenvalue weighted by Gasteiger charge is 2.46. The summed E-state index contributed by atoms with van der Waals surface area (Å²) < 4.78 is 5.27. The quantitative estimate of drug-likeness (QED) is 0.382. The number of aliphatic hydroxyl groups is 1. The van der Waals surface area contributed by atoms with Gasteiger partial charge >= 0.3 is 0 Å². The minimum absolute atomic E-state index is 0.0861. The van der Waals surface area contributed by atoms with Crippen LogP contribution in [-0.4, -0.2) is 33.8 Å². The highest BCUT2D eigenvalue weighted by molar-refractivity contribution is 7.10. The summed E-state index contributed by atoms with van der Waals surface area (Å²) in [5.74, 6) is -0.862. The topological polar surface area (TPSA) is 79.7 Å². The van der Waals surface area contributed by atoms with E-state index in [1.54, 1.807) is 43.6 Å². The van der Waals surface area contributed by atoms with Crippen molar-refractivity contribution in [3.05, 3.63) is 87.4 Å². The highest BCUT2D eigenvalue weighted by Crippen LogP contribution is 2.42. The number of aryl methyl sites for hydroxylation is 1. The van der Waals surface area contributed by atoms with Gasteiger partial charge in [-0.05, 0) is 54.3 Å². The molecule has 3 aromatic rings. The molecule has 7 heteroatoms. The zero-order chi connectivity index (χ0) is 21.3. The second-order valence-electron chi connectivity index (χ2n) is 6.95. The maximum absolute atomic E-state index is 13.0. The van der Waals surface area contributed by atoms with Crippen LogP contribution in [-0.2, 0) is 16.1 Å². The minimum atomic E-state index is -0.699. The molecule has 1 aromatic carbocycles. The standard InChI is InChI=1S/C23H20N2O4S/c1-14-12-15(8-9-17(14)29-2)21(26)19-20(18-7-5-11-30-18)25(23(28)22(19)27)13-16-6-3-4-10-24-16/h3-12,20,26H,13H2,1-2H3/b21-19-. The third-order valence-electron chi connectivity index (χ3n) is 5.08. The Hall–Kier alpha value is -3.45. The van der Waals surface area contributed by atoms with Crippen LogP contribution in [0.4, 0.5) is 0 Å². The van der Waals surface area contributed by atoms with Crippen molar-refractivity contribution in [2.75, 3.05) is 7.11 Å². The number of methoxy groups -OCH3 is 1. The van der Waals surface area contributed by atoms with E-state index in [-0.39, 0.29) is 17.9 Å². The Morgan fingerprint density at radius 1 is 1.20 bits per heavy atom. The molecule has 3 heterocycles. The van der Waals surface area contributed by atoms with Crippen LogP contribution in [0, 0.1) is 6.92 Å². The Morgan fingerprint density at radius 2 is 2.03 bits per heavy atom. The molecule has 1 N–H and O–H groups in total. The van der Waals surface area contributed by atoms with Crippen LogP contribution in [0.5, 0.6) is 5.75 Å². The van der Waals surface area contributed by atoms with Crippen molar-refractivity contribution >= 4 is 28.8 Å². The van der Waals surface area contributed by atoms with Crippen molar-refractivity contribution in [2.45, 2.75) is 19.5 Å². The number of amides is 1. The van der Waals surface area contributed by atoms with Gasteiger partial charge in [0.05, 0.1) is 24.9 Å². The molecular weight excluding hydrogens is 400 g/mol. The van der Waals surface area contributed by atoms with Gasteiger partial charge in [0.2, 0.25) is 0 Å². The molecule has 152 valence electrons. The number of thiophene rings is 1. The molecule has 2 aromatic heterocycles. The molecule has 1 atom stereocenters. The number of carbonyl (C=O) groups excluding carboxylic acids is 2. The number of ketones is 1. The van der Waals surface area contributed by atoms with Gasteiger partial charge < -0.3 is 14.7 Å². The molecule has 1 aliphatic rings. The first-order chi connectivity index (χ1) is 14.5. The number of pyridine rings is 1. The van der Waals surface area contributed by atoms with Crippen molar-refractivity contribution < 1.29 is 19.4 Å². The fraction of sp³-hybridized carbons (Fsp3) is 0.174. The maximum Gasteiger partial charge on any atom is 0.296 e. The van der Waals surface area contributed by atoms with E-state index in [0.717, 1.165) is 10.4 Å². The molecule has 0 saturated carbocycles. The van der Waals surface area contributed by atoms with Crippen molar-refractivity contribution in [3.63, 3.8) is 0 Å². The van der Waals surface area contributed by atoms with Crippen molar-refractivity contribution in [1.29, 1.82) is 0 Å². The molecule has 30 heavy (non-hydrogen) atoms. The summed E-state index contributed by atoms with van der Waals surface area (Å²) in [6.07, 6.45) is 1.65. The zero-order valence-corrected chi connectivity index (χ0v) is 17.3. The number of aromatic nitrogens is 1. The highest BCUT2D eigenvalue weighted by atomic mass is 32.1. The van der Waals surface area contributed by atoms with Crippen LogP contribution in [0.15, 0.2) is 65.7 Å². The molecule has 1 saturated heterocycles. The van der Waals surface area contributed by atoms with Gasteiger partial charge in [0.25, 0.3) is 11.7 Å². The summed E-state index contributed by atoms with van der Waals surface area (Å²) >= 11 is 1.43. The minimum Gasteiger partial charge on any atom is -0.507 e. The van der Waals surface area contributed by atoms with Gasteiger partial charge in [-0.25, -0.2) is 0 Å². The first-order valence-corrected chi connectivity index (χ1v) is 10.3. The Labute approximate surface area is 178 Å². The molecule has 1 amide bonds. The number of rotatable bonds is 5. The summed E-state index contributed by atoms with van der Waals surface area (Å²) in [6, 6.07) is 13.6. The number of carbonyl (C=O) groups is 2. The van der Waals surface area contributed by atoms with E-state index in [0.29, 0.717) is 17.0 Å². The number of likely N-dealkylation sites (tertiary alicyclic amines) is 1. The zero-order valence-electron chi connectivity index (χ0n) is 16.5. The number of hydrogen-bond acceptors (Lipinski definition) is 6. The fourth-order valence-electron chi connectivity index (χ4n) is 3.63. The Balaban J connectivity index is 1.83. The molecule has 4 rings (SSSR count). The maximum atomic E-state index is 13.0. The lowest BCUT2D eigenvalue weighted by atomic mass is 9.98. The monoisotopic (exact) mass is 420 g/mol. The second kappa shape index (κ2) is 8.12. The SMILES string of the molecule is COc1ccc(/C(O)=C2/C(=O)C(=O)N(Cc3ccccn3)C2c2cccs2)cc1C. The van der Waals surface area contributed by atoms with Gasteiger partial charge in [0.15, 0.2) is 0 Å². The molecule has 1 aliphatic heterocycles. The molecule has 1 fully saturated rings. The van der Waals surface area contributed by atoms with Gasteiger partial charge in [-0.2, -0.15) is 0 Å². The average Bonchev–Trinajstić information content (AvgIpc) is 3.37. The molecule has 1 unspecified atom stereocenters. The number of aliphatic hydroxyl groups excluding tert-OH is 1. The first kappa shape index (κ1) is 19.8. The number of nitrogens with zero attached hydrogens (tertiary/aromatic N) is 2. The van der Waals surface area contributed by atoms with E-state index in [4.69, 9.17) is 4.74 Å². The lowest BCUT2D eigenvalue weighted by Crippen LogP contribution is -2.29. The van der Waals surface area contributed by atoms with Gasteiger partial charge in [0, 0.05) is 16.6 Å². The summed E-state index contributed by atoms with van der Waals surface area (Å²) in [5.41, 5.74) is 2.03. The van der Waals surface area contributed by atoms with E-state index in [1.165, 1.54) is 16.2 Å². The predicted molar refractivity (Wildman–Crippen MR) is 114 cm³/mol. The number of hydrogen-bond donors (Lipinski definition) is 1.